The highest BCUT2D eigenvalue weighted by Crippen LogP contribution is 2.16. The van der Waals surface area contributed by atoms with Crippen LogP contribution in [0.5, 0.6) is 0 Å². The first kappa shape index (κ1) is 13.1. The Hall–Kier alpha value is -1.87. The van der Waals surface area contributed by atoms with Gasteiger partial charge in [0, 0.05) is 32.4 Å². The lowest BCUT2D eigenvalue weighted by atomic mass is 10.1. The van der Waals surface area contributed by atoms with E-state index in [-0.39, 0.29) is 0 Å². The molecule has 1 fully saturated rings. The Morgan fingerprint density at radius 2 is 1.70 bits per heavy atom. The molecule has 3 rings (SSSR count). The molecule has 1 saturated heterocycles. The molecule has 1 aliphatic heterocycles. The molecule has 2 aromatic rings. The molecule has 0 bridgehead atoms. The van der Waals surface area contributed by atoms with Gasteiger partial charge in [-0.2, -0.15) is 0 Å². The van der Waals surface area contributed by atoms with E-state index in [4.69, 9.17) is 0 Å². The molecule has 0 unspecified atom stereocenters. The Labute approximate surface area is 120 Å². The predicted molar refractivity (Wildman–Crippen MR) is 83.2 cm³/mol. The van der Waals surface area contributed by atoms with Crippen molar-refractivity contribution in [2.45, 2.75) is 12.8 Å². The topological polar surface area (TPSA) is 28.2 Å². The molecule has 1 aromatic carbocycles. The second-order valence-electron chi connectivity index (χ2n) is 5.27. The average Bonchev–Trinajstić information content (AvgIpc) is 2.55. The van der Waals surface area contributed by atoms with Gasteiger partial charge in [0.15, 0.2) is 0 Å². The molecule has 0 amide bonds. The third kappa shape index (κ3) is 3.36. The second-order valence-corrected chi connectivity index (χ2v) is 5.27. The van der Waals surface area contributed by atoms with Gasteiger partial charge in [-0.1, -0.05) is 30.3 Å². The van der Waals surface area contributed by atoms with Crippen LogP contribution in [0.15, 0.2) is 48.8 Å². The Kier molecular flexibility index (Phi) is 4.28. The first-order chi connectivity index (χ1) is 9.92. The zero-order chi connectivity index (χ0) is 13.6. The van der Waals surface area contributed by atoms with Crippen LogP contribution < -0.4 is 10.2 Å². The van der Waals surface area contributed by atoms with Gasteiger partial charge in [-0.05, 0) is 30.0 Å². The van der Waals surface area contributed by atoms with E-state index in [1.165, 1.54) is 16.8 Å². The summed E-state index contributed by atoms with van der Waals surface area (Å²) in [5.41, 5.74) is 3.97. The fraction of sp³-hybridized carbons (Fsp3) is 0.353. The van der Waals surface area contributed by atoms with Crippen LogP contribution in [0, 0.1) is 0 Å². The van der Waals surface area contributed by atoms with Crippen LogP contribution >= 0.6 is 0 Å². The normalized spacial score (nSPS) is 15.3. The predicted octanol–water partition coefficient (Wildman–Crippen LogP) is 2.28. The second kappa shape index (κ2) is 6.53. The van der Waals surface area contributed by atoms with Gasteiger partial charge in [-0.15, -0.1) is 0 Å². The minimum Gasteiger partial charge on any atom is -0.368 e. The lowest BCUT2D eigenvalue weighted by Gasteiger charge is -2.29. The highest BCUT2D eigenvalue weighted by Gasteiger charge is 2.10. The number of pyridine rings is 1. The third-order valence-electron chi connectivity index (χ3n) is 3.81. The molecule has 104 valence electrons. The lowest BCUT2D eigenvalue weighted by Crippen LogP contribution is -2.43. The largest absolute Gasteiger partial charge is 0.368 e. The van der Waals surface area contributed by atoms with Crippen molar-refractivity contribution in [3.05, 3.63) is 59.9 Å². The van der Waals surface area contributed by atoms with Crippen LogP contribution in [0.4, 0.5) is 5.69 Å². The van der Waals surface area contributed by atoms with Gasteiger partial charge >= 0.3 is 0 Å². The van der Waals surface area contributed by atoms with Crippen LogP contribution in [0.3, 0.4) is 0 Å². The molecule has 0 atom stereocenters. The maximum Gasteiger partial charge on any atom is 0.0556 e. The van der Waals surface area contributed by atoms with Gasteiger partial charge in [-0.25, -0.2) is 0 Å². The number of aromatic nitrogens is 1. The third-order valence-corrected chi connectivity index (χ3v) is 3.81. The first-order valence-corrected chi connectivity index (χ1v) is 7.35. The molecule has 0 spiro atoms. The zero-order valence-corrected chi connectivity index (χ0v) is 11.8. The van der Waals surface area contributed by atoms with Crippen LogP contribution in [0.1, 0.15) is 11.1 Å². The highest BCUT2D eigenvalue weighted by atomic mass is 15.2. The molecule has 1 aliphatic rings. The molecular weight excluding hydrogens is 246 g/mol. The summed E-state index contributed by atoms with van der Waals surface area (Å²) in [5, 5.41) is 3.38. The lowest BCUT2D eigenvalue weighted by molar-refractivity contribution is 0.588. The van der Waals surface area contributed by atoms with E-state index >= 15 is 0 Å². The minimum atomic E-state index is 1.05. The van der Waals surface area contributed by atoms with Crippen molar-refractivity contribution in [1.29, 1.82) is 0 Å². The molecule has 0 aliphatic carbocycles. The molecular formula is C17H21N3. The van der Waals surface area contributed by atoms with E-state index < -0.39 is 0 Å². The van der Waals surface area contributed by atoms with Crippen molar-refractivity contribution in [2.24, 2.45) is 0 Å². The number of hydrogen-bond acceptors (Lipinski definition) is 3. The fourth-order valence-corrected chi connectivity index (χ4v) is 2.64. The van der Waals surface area contributed by atoms with Gasteiger partial charge in [-0.3, -0.25) is 4.98 Å². The quantitative estimate of drug-likeness (QED) is 0.921. The van der Waals surface area contributed by atoms with Crippen LogP contribution in [0.2, 0.25) is 0 Å². The van der Waals surface area contributed by atoms with Crippen LogP contribution in [0.25, 0.3) is 0 Å². The van der Waals surface area contributed by atoms with E-state index in [1.807, 2.05) is 12.4 Å². The smallest absolute Gasteiger partial charge is 0.0556 e. The summed E-state index contributed by atoms with van der Waals surface area (Å²) in [4.78, 5) is 6.82. The number of nitrogens with one attached hydrogen (secondary N) is 1. The maximum absolute atomic E-state index is 4.41. The highest BCUT2D eigenvalue weighted by molar-refractivity contribution is 5.46. The Bertz CT molecular complexity index is 533. The number of nitrogens with zero attached hydrogens (tertiary/aromatic N) is 2. The van der Waals surface area contributed by atoms with Crippen LogP contribution in [-0.2, 0) is 12.8 Å². The van der Waals surface area contributed by atoms with E-state index in [0.29, 0.717) is 0 Å². The maximum atomic E-state index is 4.41. The number of rotatable bonds is 4. The van der Waals surface area contributed by atoms with Crippen molar-refractivity contribution in [3.63, 3.8) is 0 Å². The van der Waals surface area contributed by atoms with Crippen molar-refractivity contribution in [1.82, 2.24) is 10.3 Å². The summed E-state index contributed by atoms with van der Waals surface area (Å²) in [6.45, 7) is 4.27. The van der Waals surface area contributed by atoms with Crippen molar-refractivity contribution >= 4 is 5.69 Å². The minimum absolute atomic E-state index is 1.05. The first-order valence-electron chi connectivity index (χ1n) is 7.35. The Morgan fingerprint density at radius 1 is 0.950 bits per heavy atom. The summed E-state index contributed by atoms with van der Waals surface area (Å²) in [6.07, 6.45) is 6.11. The average molecular weight is 267 g/mol. The SMILES string of the molecule is c1ccc(CCc2cncc(N3CCNCC3)c2)cc1. The van der Waals surface area contributed by atoms with E-state index in [1.54, 1.807) is 0 Å². The molecule has 1 aromatic heterocycles. The summed E-state index contributed by atoms with van der Waals surface area (Å²) < 4.78 is 0. The summed E-state index contributed by atoms with van der Waals surface area (Å²) in [6, 6.07) is 12.9. The molecule has 0 radical (unpaired) electrons. The van der Waals surface area contributed by atoms with Gasteiger partial charge < -0.3 is 10.2 Å². The van der Waals surface area contributed by atoms with Crippen LogP contribution in [-0.4, -0.2) is 31.2 Å². The molecule has 20 heavy (non-hydrogen) atoms. The van der Waals surface area contributed by atoms with Crippen molar-refractivity contribution in [3.8, 4) is 0 Å². The molecule has 3 heteroatoms. The number of piperazine rings is 1. The van der Waals surface area contributed by atoms with E-state index in [9.17, 15) is 0 Å². The summed E-state index contributed by atoms with van der Waals surface area (Å²) in [7, 11) is 0. The standard InChI is InChI=1S/C17H21N3/c1-2-4-15(5-3-1)6-7-16-12-17(14-19-13-16)20-10-8-18-9-11-20/h1-5,12-14,18H,6-11H2. The molecule has 0 saturated carbocycles. The number of hydrogen-bond donors (Lipinski definition) is 1. The molecule has 3 nitrogen and oxygen atoms in total. The number of aryl methyl sites for hydroxylation is 2. The van der Waals surface area contributed by atoms with Gasteiger partial charge in [0.05, 0.1) is 11.9 Å². The number of benzene rings is 1. The van der Waals surface area contributed by atoms with Gasteiger partial charge in [0.1, 0.15) is 0 Å². The Morgan fingerprint density at radius 3 is 2.50 bits per heavy atom. The fourth-order valence-electron chi connectivity index (χ4n) is 2.64. The summed E-state index contributed by atoms with van der Waals surface area (Å²) in [5.74, 6) is 0. The summed E-state index contributed by atoms with van der Waals surface area (Å²) >= 11 is 0. The molecule has 2 heterocycles. The Balaban J connectivity index is 1.65. The van der Waals surface area contributed by atoms with Gasteiger partial charge in [0.2, 0.25) is 0 Å². The van der Waals surface area contributed by atoms with Crippen molar-refractivity contribution in [2.75, 3.05) is 31.1 Å². The molecule has 1 N–H and O–H groups in total. The zero-order valence-electron chi connectivity index (χ0n) is 11.8. The van der Waals surface area contributed by atoms with E-state index in [2.05, 4.69) is 51.6 Å². The number of anilines is 1. The monoisotopic (exact) mass is 267 g/mol. The van der Waals surface area contributed by atoms with Crippen molar-refractivity contribution < 1.29 is 0 Å². The van der Waals surface area contributed by atoms with Gasteiger partial charge in [0.25, 0.3) is 0 Å². The van der Waals surface area contributed by atoms with E-state index in [0.717, 1.165) is 39.0 Å².